The average Bonchev–Trinajstić information content (AvgIpc) is 2.55. The smallest absolute Gasteiger partial charge is 0.127 e. The molecule has 2 unspecified atom stereocenters. The number of hydrogen-bond acceptors (Lipinski definition) is 4. The molecule has 2 atom stereocenters. The van der Waals surface area contributed by atoms with E-state index in [0.717, 1.165) is 17.1 Å². The molecule has 0 heterocycles. The Kier molecular flexibility index (Phi) is 6.59. The highest BCUT2D eigenvalue weighted by Gasteiger charge is 2.24. The summed E-state index contributed by atoms with van der Waals surface area (Å²) in [6.45, 7) is 6.15. The third kappa shape index (κ3) is 5.56. The van der Waals surface area contributed by atoms with Crippen molar-refractivity contribution >= 4 is 0 Å². The fourth-order valence-corrected chi connectivity index (χ4v) is 2.84. The van der Waals surface area contributed by atoms with Gasteiger partial charge in [0.2, 0.25) is 0 Å². The second-order valence-electron chi connectivity index (χ2n) is 7.14. The van der Waals surface area contributed by atoms with Crippen LogP contribution >= 0.6 is 0 Å². The minimum absolute atomic E-state index is 0.0422. The van der Waals surface area contributed by atoms with Crippen molar-refractivity contribution < 1.29 is 14.9 Å². The minimum atomic E-state index is -0.662. The Labute approximate surface area is 150 Å². The normalized spacial score (nSPS) is 15.0. The molecule has 0 aromatic heterocycles. The number of rotatable bonds is 8. The van der Waals surface area contributed by atoms with Gasteiger partial charge in [-0.15, -0.1) is 0 Å². The first-order valence-corrected chi connectivity index (χ1v) is 8.78. The first-order chi connectivity index (χ1) is 11.8. The van der Waals surface area contributed by atoms with Crippen molar-refractivity contribution in [1.82, 2.24) is 0 Å². The number of ether oxygens (including phenoxy) is 1. The van der Waals surface area contributed by atoms with Gasteiger partial charge >= 0.3 is 0 Å². The van der Waals surface area contributed by atoms with Gasteiger partial charge in [-0.25, -0.2) is 0 Å². The number of benzene rings is 2. The first-order valence-electron chi connectivity index (χ1n) is 8.78. The summed E-state index contributed by atoms with van der Waals surface area (Å²) in [6.07, 6.45) is 0.111. The summed E-state index contributed by atoms with van der Waals surface area (Å²) in [7, 11) is 0. The minimum Gasteiger partial charge on any atom is -0.457 e. The summed E-state index contributed by atoms with van der Waals surface area (Å²) in [4.78, 5) is 0. The zero-order valence-corrected chi connectivity index (χ0v) is 15.3. The van der Waals surface area contributed by atoms with Crippen LogP contribution in [-0.4, -0.2) is 22.9 Å². The summed E-state index contributed by atoms with van der Waals surface area (Å²) < 4.78 is 5.93. The molecule has 4 N–H and O–H groups in total. The standard InChI is InChI=1S/C21H29NO3/c1-15(2)16-5-4-6-20(13-16)25-19-9-7-17(8-10-19)21(3,22)14-18(24)11-12-23/h4-10,13,15,18,23-24H,11-12,14,22H2,1-3H3. The molecule has 0 aliphatic rings. The van der Waals surface area contributed by atoms with E-state index in [-0.39, 0.29) is 6.61 Å². The molecule has 2 aromatic rings. The predicted octanol–water partition coefficient (Wildman–Crippen LogP) is 3.91. The summed E-state index contributed by atoms with van der Waals surface area (Å²) in [6, 6.07) is 15.7. The van der Waals surface area contributed by atoms with Gasteiger partial charge < -0.3 is 20.7 Å². The van der Waals surface area contributed by atoms with E-state index in [2.05, 4.69) is 26.0 Å². The zero-order chi connectivity index (χ0) is 18.4. The second-order valence-corrected chi connectivity index (χ2v) is 7.14. The fraction of sp³-hybridized carbons (Fsp3) is 0.429. The van der Waals surface area contributed by atoms with E-state index in [9.17, 15) is 5.11 Å². The summed E-state index contributed by atoms with van der Waals surface area (Å²) in [5.41, 5.74) is 7.84. The highest BCUT2D eigenvalue weighted by atomic mass is 16.5. The van der Waals surface area contributed by atoms with Crippen LogP contribution in [0.2, 0.25) is 0 Å². The molecule has 4 heteroatoms. The zero-order valence-electron chi connectivity index (χ0n) is 15.3. The monoisotopic (exact) mass is 343 g/mol. The number of aliphatic hydroxyl groups excluding tert-OH is 2. The van der Waals surface area contributed by atoms with Gasteiger partial charge in [-0.3, -0.25) is 0 Å². The van der Waals surface area contributed by atoms with Gasteiger partial charge in [0.25, 0.3) is 0 Å². The maximum absolute atomic E-state index is 9.90. The molecule has 0 aliphatic heterocycles. The van der Waals surface area contributed by atoms with Gasteiger partial charge in [-0.05, 0) is 61.1 Å². The molecule has 0 amide bonds. The molecule has 0 saturated heterocycles. The van der Waals surface area contributed by atoms with E-state index >= 15 is 0 Å². The van der Waals surface area contributed by atoms with Gasteiger partial charge in [0.05, 0.1) is 6.10 Å². The molecule has 0 radical (unpaired) electrons. The van der Waals surface area contributed by atoms with Crippen LogP contribution in [-0.2, 0) is 5.54 Å². The van der Waals surface area contributed by atoms with Gasteiger partial charge in [0, 0.05) is 12.1 Å². The van der Waals surface area contributed by atoms with Crippen LogP contribution in [0.4, 0.5) is 0 Å². The summed E-state index contributed by atoms with van der Waals surface area (Å²) in [5.74, 6) is 2.01. The van der Waals surface area contributed by atoms with Crippen molar-refractivity contribution in [3.8, 4) is 11.5 Å². The maximum Gasteiger partial charge on any atom is 0.127 e. The molecule has 0 fully saturated rings. The van der Waals surface area contributed by atoms with E-state index < -0.39 is 11.6 Å². The van der Waals surface area contributed by atoms with E-state index in [4.69, 9.17) is 15.6 Å². The van der Waals surface area contributed by atoms with Crippen LogP contribution in [0.25, 0.3) is 0 Å². The van der Waals surface area contributed by atoms with Gasteiger partial charge in [0.15, 0.2) is 0 Å². The first kappa shape index (κ1) is 19.4. The number of hydrogen-bond donors (Lipinski definition) is 3. The molecule has 0 bridgehead atoms. The predicted molar refractivity (Wildman–Crippen MR) is 101 cm³/mol. The van der Waals surface area contributed by atoms with Crippen molar-refractivity contribution in [3.05, 3.63) is 59.7 Å². The van der Waals surface area contributed by atoms with Crippen molar-refractivity contribution in [3.63, 3.8) is 0 Å². The van der Waals surface area contributed by atoms with Crippen LogP contribution in [0.15, 0.2) is 48.5 Å². The van der Waals surface area contributed by atoms with Crippen LogP contribution in [0, 0.1) is 0 Å². The van der Waals surface area contributed by atoms with Crippen LogP contribution in [0.1, 0.15) is 50.7 Å². The Hall–Kier alpha value is -1.88. The van der Waals surface area contributed by atoms with Crippen LogP contribution < -0.4 is 10.5 Å². The topological polar surface area (TPSA) is 75.7 Å². The molecule has 2 aromatic carbocycles. The molecule has 0 aliphatic carbocycles. The summed E-state index contributed by atoms with van der Waals surface area (Å²) in [5, 5.41) is 18.8. The third-order valence-electron chi connectivity index (χ3n) is 4.40. The van der Waals surface area contributed by atoms with Crippen LogP contribution in [0.3, 0.4) is 0 Å². The maximum atomic E-state index is 9.90. The molecule has 0 saturated carbocycles. The fourth-order valence-electron chi connectivity index (χ4n) is 2.84. The van der Waals surface area contributed by atoms with Crippen molar-refractivity contribution in [2.45, 2.75) is 51.2 Å². The van der Waals surface area contributed by atoms with Gasteiger partial charge in [-0.1, -0.05) is 38.1 Å². The van der Waals surface area contributed by atoms with Crippen molar-refractivity contribution in [2.24, 2.45) is 5.73 Å². The van der Waals surface area contributed by atoms with Crippen LogP contribution in [0.5, 0.6) is 11.5 Å². The van der Waals surface area contributed by atoms with E-state index in [1.54, 1.807) is 0 Å². The molecule has 2 rings (SSSR count). The molecule has 25 heavy (non-hydrogen) atoms. The van der Waals surface area contributed by atoms with Crippen molar-refractivity contribution in [2.75, 3.05) is 6.61 Å². The van der Waals surface area contributed by atoms with E-state index in [0.29, 0.717) is 18.8 Å². The highest BCUT2D eigenvalue weighted by Crippen LogP contribution is 2.29. The number of aliphatic hydroxyl groups is 2. The van der Waals surface area contributed by atoms with E-state index in [1.807, 2.05) is 43.3 Å². The second kappa shape index (κ2) is 8.48. The lowest BCUT2D eigenvalue weighted by Gasteiger charge is -2.28. The van der Waals surface area contributed by atoms with E-state index in [1.165, 1.54) is 5.56 Å². The Morgan fingerprint density at radius 1 is 1.08 bits per heavy atom. The Bertz CT molecular complexity index is 665. The number of nitrogens with two attached hydrogens (primary N) is 1. The van der Waals surface area contributed by atoms with Crippen molar-refractivity contribution in [1.29, 1.82) is 0 Å². The largest absolute Gasteiger partial charge is 0.457 e. The molecule has 136 valence electrons. The molecular weight excluding hydrogens is 314 g/mol. The lowest BCUT2D eigenvalue weighted by Crippen LogP contribution is -2.37. The molecule has 0 spiro atoms. The molecule has 4 nitrogen and oxygen atoms in total. The van der Waals surface area contributed by atoms with Gasteiger partial charge in [0.1, 0.15) is 11.5 Å². The Morgan fingerprint density at radius 2 is 1.76 bits per heavy atom. The lowest BCUT2D eigenvalue weighted by molar-refractivity contribution is 0.103. The third-order valence-corrected chi connectivity index (χ3v) is 4.40. The SMILES string of the molecule is CC(C)c1cccc(Oc2ccc(C(C)(N)CC(O)CCO)cc2)c1. The Balaban J connectivity index is 2.08. The molecular formula is C21H29NO3. The quantitative estimate of drug-likeness (QED) is 0.679. The highest BCUT2D eigenvalue weighted by molar-refractivity contribution is 5.37. The average molecular weight is 343 g/mol. The summed E-state index contributed by atoms with van der Waals surface area (Å²) >= 11 is 0. The lowest BCUT2D eigenvalue weighted by atomic mass is 9.87. The van der Waals surface area contributed by atoms with Gasteiger partial charge in [-0.2, -0.15) is 0 Å². The Morgan fingerprint density at radius 3 is 2.36 bits per heavy atom.